The molecule has 0 unspecified atom stereocenters. The van der Waals surface area contributed by atoms with Crippen LogP contribution in [0.5, 0.6) is 11.5 Å². The Labute approximate surface area is 159 Å². The normalized spacial score (nSPS) is 10.1. The van der Waals surface area contributed by atoms with Crippen molar-refractivity contribution in [3.05, 3.63) is 64.0 Å². The molecule has 2 nitrogen and oxygen atoms in total. The molecule has 0 saturated carbocycles. The van der Waals surface area contributed by atoms with Crippen LogP contribution in [0.15, 0.2) is 53.9 Å². The minimum atomic E-state index is 0. The minimum Gasteiger partial charge on any atom is -0.457 e. The molecule has 1 aromatic heterocycles. The van der Waals surface area contributed by atoms with E-state index in [4.69, 9.17) is 33.7 Å². The molecule has 0 radical (unpaired) electrons. The molecule has 0 bridgehead atoms. The Hall–Kier alpha value is -0.950. The molecule has 2 N–H and O–H groups in total. The lowest BCUT2D eigenvalue weighted by Crippen LogP contribution is -1.84. The fraction of sp³-hybridized carbons (Fsp3) is 0. The lowest BCUT2D eigenvalue weighted by molar-refractivity contribution is 0.483. The van der Waals surface area contributed by atoms with Crippen LogP contribution in [0.2, 0.25) is 10.0 Å². The SMILES string of the molecule is I.Nc1cc(-c2ccc(Oc3ccc(Cl)c(Cl)c3)cc2)cs1. The van der Waals surface area contributed by atoms with Crippen molar-refractivity contribution in [1.82, 2.24) is 0 Å². The van der Waals surface area contributed by atoms with Crippen molar-refractivity contribution in [1.29, 1.82) is 0 Å². The van der Waals surface area contributed by atoms with Crippen molar-refractivity contribution in [2.24, 2.45) is 0 Å². The lowest BCUT2D eigenvalue weighted by Gasteiger charge is -2.07. The van der Waals surface area contributed by atoms with Crippen molar-refractivity contribution < 1.29 is 4.74 Å². The number of rotatable bonds is 3. The molecule has 0 spiro atoms. The van der Waals surface area contributed by atoms with Gasteiger partial charge in [0.1, 0.15) is 11.5 Å². The molecule has 22 heavy (non-hydrogen) atoms. The smallest absolute Gasteiger partial charge is 0.129 e. The van der Waals surface area contributed by atoms with E-state index in [9.17, 15) is 0 Å². The van der Waals surface area contributed by atoms with Crippen molar-refractivity contribution in [2.45, 2.75) is 0 Å². The van der Waals surface area contributed by atoms with E-state index in [1.807, 2.05) is 35.7 Å². The van der Waals surface area contributed by atoms with E-state index in [2.05, 4.69) is 0 Å². The van der Waals surface area contributed by atoms with Crippen LogP contribution in [0.1, 0.15) is 0 Å². The molecule has 3 rings (SSSR count). The number of halogens is 3. The fourth-order valence-electron chi connectivity index (χ4n) is 1.90. The molecule has 2 aromatic carbocycles. The van der Waals surface area contributed by atoms with Crippen LogP contribution in [0, 0.1) is 0 Å². The Morgan fingerprint density at radius 1 is 0.818 bits per heavy atom. The summed E-state index contributed by atoms with van der Waals surface area (Å²) in [5.41, 5.74) is 7.96. The quantitative estimate of drug-likeness (QED) is 0.438. The lowest BCUT2D eigenvalue weighted by atomic mass is 10.1. The molecule has 114 valence electrons. The van der Waals surface area contributed by atoms with Gasteiger partial charge >= 0.3 is 0 Å². The Kier molecular flexibility index (Phi) is 5.97. The summed E-state index contributed by atoms with van der Waals surface area (Å²) in [4.78, 5) is 0. The van der Waals surface area contributed by atoms with Crippen LogP contribution >= 0.6 is 58.5 Å². The molecule has 0 aliphatic heterocycles. The third-order valence-electron chi connectivity index (χ3n) is 2.93. The summed E-state index contributed by atoms with van der Waals surface area (Å²) in [6.07, 6.45) is 0. The van der Waals surface area contributed by atoms with Gasteiger partial charge in [-0.1, -0.05) is 35.3 Å². The average molecular weight is 464 g/mol. The summed E-state index contributed by atoms with van der Waals surface area (Å²) in [5.74, 6) is 1.39. The number of anilines is 1. The van der Waals surface area contributed by atoms with Crippen LogP contribution in [-0.4, -0.2) is 0 Å². The molecule has 0 aliphatic rings. The minimum absolute atomic E-state index is 0. The first-order chi connectivity index (χ1) is 10.1. The van der Waals surface area contributed by atoms with Crippen molar-refractivity contribution in [2.75, 3.05) is 5.73 Å². The summed E-state index contributed by atoms with van der Waals surface area (Å²) < 4.78 is 5.75. The fourth-order valence-corrected chi connectivity index (χ4v) is 2.85. The average Bonchev–Trinajstić information content (AvgIpc) is 2.90. The Morgan fingerprint density at radius 2 is 1.50 bits per heavy atom. The third-order valence-corrected chi connectivity index (χ3v) is 4.43. The number of ether oxygens (including phenoxy) is 1. The van der Waals surface area contributed by atoms with Crippen LogP contribution in [0.25, 0.3) is 11.1 Å². The predicted molar refractivity (Wildman–Crippen MR) is 106 cm³/mol. The van der Waals surface area contributed by atoms with Crippen LogP contribution in [-0.2, 0) is 0 Å². The van der Waals surface area contributed by atoms with Gasteiger partial charge in [0.15, 0.2) is 0 Å². The summed E-state index contributed by atoms with van der Waals surface area (Å²) in [7, 11) is 0. The van der Waals surface area contributed by atoms with E-state index in [0.29, 0.717) is 15.8 Å². The van der Waals surface area contributed by atoms with Gasteiger partial charge in [-0.15, -0.1) is 35.3 Å². The first kappa shape index (κ1) is 17.4. The zero-order chi connectivity index (χ0) is 14.8. The van der Waals surface area contributed by atoms with Gasteiger partial charge in [-0.3, -0.25) is 0 Å². The highest BCUT2D eigenvalue weighted by atomic mass is 127. The van der Waals surface area contributed by atoms with Gasteiger partial charge in [-0.25, -0.2) is 0 Å². The molecule has 0 amide bonds. The van der Waals surface area contributed by atoms with Gasteiger partial charge < -0.3 is 10.5 Å². The van der Waals surface area contributed by atoms with Crippen molar-refractivity contribution in [3.63, 3.8) is 0 Å². The van der Waals surface area contributed by atoms with Gasteiger partial charge in [-0.05, 0) is 41.5 Å². The zero-order valence-corrected chi connectivity index (χ0v) is 15.9. The van der Waals surface area contributed by atoms with Gasteiger partial charge in [-0.2, -0.15) is 0 Å². The van der Waals surface area contributed by atoms with Crippen molar-refractivity contribution in [3.8, 4) is 22.6 Å². The van der Waals surface area contributed by atoms with Gasteiger partial charge in [0.25, 0.3) is 0 Å². The van der Waals surface area contributed by atoms with E-state index in [1.165, 1.54) is 11.3 Å². The zero-order valence-electron chi connectivity index (χ0n) is 11.3. The highest BCUT2D eigenvalue weighted by molar-refractivity contribution is 14.0. The number of nitrogens with two attached hydrogens (primary N) is 1. The summed E-state index contributed by atoms with van der Waals surface area (Å²) >= 11 is 13.4. The van der Waals surface area contributed by atoms with Gasteiger partial charge in [0, 0.05) is 11.4 Å². The number of thiophene rings is 1. The third kappa shape index (κ3) is 4.07. The van der Waals surface area contributed by atoms with E-state index in [1.54, 1.807) is 18.2 Å². The maximum atomic E-state index is 5.97. The van der Waals surface area contributed by atoms with E-state index >= 15 is 0 Å². The second-order valence-electron chi connectivity index (χ2n) is 4.44. The summed E-state index contributed by atoms with van der Waals surface area (Å²) in [6.45, 7) is 0. The standard InChI is InChI=1S/C16H11Cl2NOS.HI/c17-14-6-5-13(8-15(14)18)20-12-3-1-10(2-4-12)11-7-16(19)21-9-11;/h1-9H,19H2;1H. The van der Waals surface area contributed by atoms with Crippen molar-refractivity contribution >= 4 is 63.5 Å². The largest absolute Gasteiger partial charge is 0.457 e. The van der Waals surface area contributed by atoms with Gasteiger partial charge in [0.2, 0.25) is 0 Å². The highest BCUT2D eigenvalue weighted by Gasteiger charge is 2.04. The topological polar surface area (TPSA) is 35.2 Å². The van der Waals surface area contributed by atoms with Gasteiger partial charge in [0.05, 0.1) is 15.0 Å². The molecule has 0 fully saturated rings. The molecule has 6 heteroatoms. The Morgan fingerprint density at radius 3 is 2.09 bits per heavy atom. The Balaban J connectivity index is 0.00000176. The second kappa shape index (κ2) is 7.55. The number of nitrogen functional groups attached to an aromatic ring is 1. The van der Waals surface area contributed by atoms with E-state index < -0.39 is 0 Å². The Bertz CT molecular complexity index is 774. The first-order valence-corrected chi connectivity index (χ1v) is 7.83. The molecule has 0 saturated heterocycles. The molecule has 3 aromatic rings. The maximum absolute atomic E-state index is 5.97. The van der Waals surface area contributed by atoms with Crippen LogP contribution in [0.4, 0.5) is 5.00 Å². The molecule has 1 heterocycles. The number of hydrogen-bond donors (Lipinski definition) is 1. The highest BCUT2D eigenvalue weighted by Crippen LogP contribution is 2.31. The molecular weight excluding hydrogens is 452 g/mol. The monoisotopic (exact) mass is 463 g/mol. The maximum Gasteiger partial charge on any atom is 0.129 e. The van der Waals surface area contributed by atoms with E-state index in [0.717, 1.165) is 21.9 Å². The van der Waals surface area contributed by atoms with Crippen LogP contribution < -0.4 is 10.5 Å². The second-order valence-corrected chi connectivity index (χ2v) is 6.20. The van der Waals surface area contributed by atoms with Crippen LogP contribution in [0.3, 0.4) is 0 Å². The number of benzene rings is 2. The summed E-state index contributed by atoms with van der Waals surface area (Å²) in [5, 5.41) is 3.82. The summed E-state index contributed by atoms with van der Waals surface area (Å²) in [6, 6.07) is 14.9. The predicted octanol–water partition coefficient (Wildman–Crippen LogP) is 6.71. The molecule has 0 atom stereocenters. The number of hydrogen-bond acceptors (Lipinski definition) is 3. The first-order valence-electron chi connectivity index (χ1n) is 6.19. The molecule has 0 aliphatic carbocycles. The molecular formula is C16H12Cl2INOS. The van der Waals surface area contributed by atoms with E-state index in [-0.39, 0.29) is 24.0 Å².